The van der Waals surface area contributed by atoms with Gasteiger partial charge >= 0.3 is 5.97 Å². The summed E-state index contributed by atoms with van der Waals surface area (Å²) in [5.41, 5.74) is 6.96. The molecule has 0 bridgehead atoms. The second kappa shape index (κ2) is 6.36. The predicted molar refractivity (Wildman–Crippen MR) is 85.5 cm³/mol. The van der Waals surface area contributed by atoms with Gasteiger partial charge in [-0.05, 0) is 32.3 Å². The maximum atomic E-state index is 14.3. The van der Waals surface area contributed by atoms with Crippen molar-refractivity contribution in [3.63, 3.8) is 0 Å². The van der Waals surface area contributed by atoms with E-state index in [0.29, 0.717) is 5.70 Å². The number of esters is 1. The molecule has 124 valence electrons. The number of allylic oxidation sites excluding steroid dienone is 2. The Morgan fingerprint density at radius 3 is 2.71 bits per heavy atom. The number of nitrogens with one attached hydrogen (secondary N) is 1. The Morgan fingerprint density at radius 1 is 1.42 bits per heavy atom. The average molecular weight is 327 g/mol. The summed E-state index contributed by atoms with van der Waals surface area (Å²) in [6.45, 7) is 1.67. The lowest BCUT2D eigenvalue weighted by Gasteiger charge is -2.31. The summed E-state index contributed by atoms with van der Waals surface area (Å²) < 4.78 is 19.8. The molecule has 1 fully saturated rings. The number of carbonyl (C=O) groups is 1. The SMILES string of the molecule is CC1=C(C(=O)OC2CCC2)C(c2ccccc2F)C(C#N)=C(N)N1. The standard InChI is InChI=1S/C18H18FN3O2/c1-10-15(18(23)24-11-5-4-6-11)16(13(9-20)17(21)22-10)12-7-2-3-8-14(12)19/h2-3,7-8,11,16,22H,4-6,21H2,1H3. The van der Waals surface area contributed by atoms with Crippen LogP contribution in [0.2, 0.25) is 0 Å². The van der Waals surface area contributed by atoms with Gasteiger partial charge in [-0.1, -0.05) is 18.2 Å². The van der Waals surface area contributed by atoms with Gasteiger partial charge in [0.15, 0.2) is 0 Å². The molecule has 0 amide bonds. The van der Waals surface area contributed by atoms with Crippen LogP contribution < -0.4 is 11.1 Å². The monoisotopic (exact) mass is 327 g/mol. The molecule has 0 radical (unpaired) electrons. The first-order valence-corrected chi connectivity index (χ1v) is 7.86. The number of hydrogen-bond acceptors (Lipinski definition) is 5. The number of ether oxygens (including phenoxy) is 1. The summed E-state index contributed by atoms with van der Waals surface area (Å²) in [4.78, 5) is 12.7. The molecule has 6 heteroatoms. The van der Waals surface area contributed by atoms with Crippen molar-refractivity contribution in [2.24, 2.45) is 5.73 Å². The van der Waals surface area contributed by atoms with E-state index in [0.717, 1.165) is 19.3 Å². The highest BCUT2D eigenvalue weighted by Gasteiger charge is 2.37. The van der Waals surface area contributed by atoms with Crippen molar-refractivity contribution in [1.82, 2.24) is 5.32 Å². The molecule has 1 aromatic carbocycles. The number of dihydropyridines is 1. The van der Waals surface area contributed by atoms with E-state index in [4.69, 9.17) is 10.5 Å². The fourth-order valence-corrected chi connectivity index (χ4v) is 2.97. The maximum absolute atomic E-state index is 14.3. The first kappa shape index (κ1) is 16.1. The van der Waals surface area contributed by atoms with Gasteiger partial charge in [0.25, 0.3) is 0 Å². The van der Waals surface area contributed by atoms with Crippen LogP contribution >= 0.6 is 0 Å². The number of nitrogens with zero attached hydrogens (tertiary/aromatic N) is 1. The fraction of sp³-hybridized carbons (Fsp3) is 0.333. The van der Waals surface area contributed by atoms with Crippen LogP contribution in [0.15, 0.2) is 46.9 Å². The van der Waals surface area contributed by atoms with E-state index in [-0.39, 0.29) is 28.6 Å². The van der Waals surface area contributed by atoms with E-state index >= 15 is 0 Å². The molecule has 2 aliphatic rings. The highest BCUT2D eigenvalue weighted by molar-refractivity contribution is 5.93. The zero-order valence-electron chi connectivity index (χ0n) is 13.3. The topological polar surface area (TPSA) is 88.1 Å². The number of nitriles is 1. The number of benzene rings is 1. The Hall–Kier alpha value is -2.81. The van der Waals surface area contributed by atoms with Crippen LogP contribution in [0.1, 0.15) is 37.7 Å². The van der Waals surface area contributed by atoms with Crippen molar-refractivity contribution in [1.29, 1.82) is 5.26 Å². The van der Waals surface area contributed by atoms with E-state index < -0.39 is 17.7 Å². The molecule has 1 saturated carbocycles. The van der Waals surface area contributed by atoms with Gasteiger partial charge in [0.1, 0.15) is 17.7 Å². The lowest BCUT2D eigenvalue weighted by molar-refractivity contribution is -0.148. The number of rotatable bonds is 3. The lowest BCUT2D eigenvalue weighted by atomic mass is 9.81. The van der Waals surface area contributed by atoms with Crippen molar-refractivity contribution in [2.75, 3.05) is 0 Å². The van der Waals surface area contributed by atoms with Crippen molar-refractivity contribution >= 4 is 5.97 Å². The fourth-order valence-electron chi connectivity index (χ4n) is 2.97. The first-order chi connectivity index (χ1) is 11.5. The average Bonchev–Trinajstić information content (AvgIpc) is 2.50. The van der Waals surface area contributed by atoms with Crippen molar-refractivity contribution in [3.05, 3.63) is 58.3 Å². The maximum Gasteiger partial charge on any atom is 0.337 e. The quantitative estimate of drug-likeness (QED) is 0.833. The van der Waals surface area contributed by atoms with Crippen LogP contribution in [0.4, 0.5) is 4.39 Å². The summed E-state index contributed by atoms with van der Waals surface area (Å²) in [7, 11) is 0. The van der Waals surface area contributed by atoms with Crippen LogP contribution in [-0.4, -0.2) is 12.1 Å². The van der Waals surface area contributed by atoms with Gasteiger partial charge < -0.3 is 15.8 Å². The normalized spacial score (nSPS) is 21.0. The van der Waals surface area contributed by atoms with Gasteiger partial charge in [-0.25, -0.2) is 9.18 Å². The third-order valence-corrected chi connectivity index (χ3v) is 4.48. The van der Waals surface area contributed by atoms with Crippen LogP contribution in [0.5, 0.6) is 0 Å². The lowest BCUT2D eigenvalue weighted by Crippen LogP contribution is -2.35. The van der Waals surface area contributed by atoms with Crippen LogP contribution in [0.25, 0.3) is 0 Å². The molecule has 1 atom stereocenters. The highest BCUT2D eigenvalue weighted by atomic mass is 19.1. The smallest absolute Gasteiger partial charge is 0.337 e. The summed E-state index contributed by atoms with van der Waals surface area (Å²) in [5, 5.41) is 12.3. The minimum Gasteiger partial charge on any atom is -0.459 e. The summed E-state index contributed by atoms with van der Waals surface area (Å²) in [6, 6.07) is 8.07. The largest absolute Gasteiger partial charge is 0.459 e. The third-order valence-electron chi connectivity index (χ3n) is 4.48. The van der Waals surface area contributed by atoms with Gasteiger partial charge in [-0.2, -0.15) is 5.26 Å². The number of hydrogen-bond donors (Lipinski definition) is 2. The Balaban J connectivity index is 2.06. The van der Waals surface area contributed by atoms with E-state index in [9.17, 15) is 14.4 Å². The summed E-state index contributed by atoms with van der Waals surface area (Å²) >= 11 is 0. The molecule has 1 aliphatic carbocycles. The van der Waals surface area contributed by atoms with E-state index in [1.54, 1.807) is 25.1 Å². The second-order valence-corrected chi connectivity index (χ2v) is 6.02. The summed E-state index contributed by atoms with van der Waals surface area (Å²) in [6.07, 6.45) is 2.59. The van der Waals surface area contributed by atoms with E-state index in [1.807, 2.05) is 6.07 Å². The van der Waals surface area contributed by atoms with Crippen LogP contribution in [0, 0.1) is 17.1 Å². The predicted octanol–water partition coefficient (Wildman–Crippen LogP) is 2.58. The molecule has 0 spiro atoms. The Labute approximate surface area is 139 Å². The van der Waals surface area contributed by atoms with Crippen LogP contribution in [0.3, 0.4) is 0 Å². The second-order valence-electron chi connectivity index (χ2n) is 6.02. The molecule has 1 heterocycles. The van der Waals surface area contributed by atoms with Crippen molar-refractivity contribution in [3.8, 4) is 6.07 Å². The zero-order valence-corrected chi connectivity index (χ0v) is 13.3. The van der Waals surface area contributed by atoms with E-state index in [1.165, 1.54) is 6.07 Å². The zero-order chi connectivity index (χ0) is 17.3. The van der Waals surface area contributed by atoms with Gasteiger partial charge in [0, 0.05) is 11.3 Å². The summed E-state index contributed by atoms with van der Waals surface area (Å²) in [5.74, 6) is -1.77. The molecule has 1 unspecified atom stereocenters. The number of nitrogens with two attached hydrogens (primary N) is 1. The molecular formula is C18H18FN3O2. The van der Waals surface area contributed by atoms with Crippen LogP contribution in [-0.2, 0) is 9.53 Å². The highest BCUT2D eigenvalue weighted by Crippen LogP contribution is 2.39. The van der Waals surface area contributed by atoms with Gasteiger partial charge in [0.2, 0.25) is 0 Å². The third kappa shape index (κ3) is 2.73. The van der Waals surface area contributed by atoms with Gasteiger partial charge in [0.05, 0.1) is 23.1 Å². The van der Waals surface area contributed by atoms with Gasteiger partial charge in [-0.3, -0.25) is 0 Å². The number of carbonyl (C=O) groups excluding carboxylic acids is 1. The Bertz CT molecular complexity index is 788. The molecule has 3 rings (SSSR count). The molecule has 1 aliphatic heterocycles. The molecule has 0 saturated heterocycles. The van der Waals surface area contributed by atoms with Crippen molar-refractivity contribution in [2.45, 2.75) is 38.2 Å². The molecule has 3 N–H and O–H groups in total. The minimum absolute atomic E-state index is 0.104. The van der Waals surface area contributed by atoms with Crippen molar-refractivity contribution < 1.29 is 13.9 Å². The molecular weight excluding hydrogens is 309 g/mol. The molecule has 24 heavy (non-hydrogen) atoms. The Kier molecular flexibility index (Phi) is 4.26. The molecule has 0 aromatic heterocycles. The first-order valence-electron chi connectivity index (χ1n) is 7.86. The van der Waals surface area contributed by atoms with E-state index in [2.05, 4.69) is 5.32 Å². The minimum atomic E-state index is -0.870. The molecule has 5 nitrogen and oxygen atoms in total. The Morgan fingerprint density at radius 2 is 2.12 bits per heavy atom. The number of halogens is 1. The molecule has 1 aromatic rings. The van der Waals surface area contributed by atoms with Gasteiger partial charge in [-0.15, -0.1) is 0 Å².